The molecule has 0 radical (unpaired) electrons. The van der Waals surface area contributed by atoms with Crippen LogP contribution in [0.1, 0.15) is 21.0 Å². The molecule has 16 heteroatoms. The number of halogens is 2. The van der Waals surface area contributed by atoms with Crippen molar-refractivity contribution >= 4 is 11.9 Å². The minimum absolute atomic E-state index is 0.00364. The van der Waals surface area contributed by atoms with Crippen molar-refractivity contribution < 1.29 is 37.7 Å². The summed E-state index contributed by atoms with van der Waals surface area (Å²) in [4.78, 5) is 37.6. The van der Waals surface area contributed by atoms with Crippen LogP contribution >= 0.6 is 0 Å². The van der Waals surface area contributed by atoms with Crippen LogP contribution < -0.4 is 9.47 Å². The molecule has 0 aromatic carbocycles. The summed E-state index contributed by atoms with van der Waals surface area (Å²) < 4.78 is 44.1. The van der Waals surface area contributed by atoms with Crippen molar-refractivity contribution in [3.63, 3.8) is 0 Å². The van der Waals surface area contributed by atoms with Crippen molar-refractivity contribution in [1.82, 2.24) is 39.5 Å². The van der Waals surface area contributed by atoms with Crippen LogP contribution in [0.15, 0.2) is 24.8 Å². The van der Waals surface area contributed by atoms with Gasteiger partial charge < -0.3 is 19.3 Å². The fourth-order valence-electron chi connectivity index (χ4n) is 3.09. The van der Waals surface area contributed by atoms with Crippen LogP contribution in [0.4, 0.5) is 8.78 Å². The van der Waals surface area contributed by atoms with E-state index in [0.717, 1.165) is 17.1 Å². The van der Waals surface area contributed by atoms with Crippen LogP contribution in [0.25, 0.3) is 22.5 Å². The molecule has 194 valence electrons. The van der Waals surface area contributed by atoms with E-state index in [1.165, 1.54) is 45.5 Å². The first-order valence-corrected chi connectivity index (χ1v) is 10.1. The zero-order valence-electron chi connectivity index (χ0n) is 20.1. The lowest BCUT2D eigenvalue weighted by atomic mass is 10.1. The Morgan fingerprint density at radius 1 is 0.784 bits per heavy atom. The molecule has 0 aliphatic carbocycles. The van der Waals surface area contributed by atoms with E-state index < -0.39 is 23.6 Å². The molecule has 0 fully saturated rings. The largest absolute Gasteiger partial charge is 0.477 e. The Morgan fingerprint density at radius 2 is 1.22 bits per heavy atom. The van der Waals surface area contributed by atoms with Gasteiger partial charge in [-0.2, -0.15) is 20.2 Å². The normalized spacial score (nSPS) is 10.4. The lowest BCUT2D eigenvalue weighted by Gasteiger charge is -2.05. The number of rotatable bonds is 6. The Hall–Kier alpha value is -5.02. The van der Waals surface area contributed by atoms with E-state index >= 15 is 0 Å². The summed E-state index contributed by atoms with van der Waals surface area (Å²) in [6.07, 6.45) is 4.44. The Labute approximate surface area is 207 Å². The summed E-state index contributed by atoms with van der Waals surface area (Å²) in [5, 5.41) is 16.7. The molecular formula is C21H20F2N8O6. The van der Waals surface area contributed by atoms with E-state index in [4.69, 9.17) is 14.6 Å². The zero-order valence-corrected chi connectivity index (χ0v) is 20.1. The van der Waals surface area contributed by atoms with Crippen molar-refractivity contribution in [3.8, 4) is 34.5 Å². The number of hydrogen-bond donors (Lipinski definition) is 1. The fourth-order valence-corrected chi connectivity index (χ4v) is 3.09. The van der Waals surface area contributed by atoms with Crippen molar-refractivity contribution in [3.05, 3.63) is 47.8 Å². The first-order chi connectivity index (χ1) is 17.6. The maximum Gasteiger partial charge on any atom is 0.357 e. The second-order valence-corrected chi connectivity index (χ2v) is 6.96. The minimum atomic E-state index is -1.22. The maximum atomic E-state index is 13.8. The van der Waals surface area contributed by atoms with Gasteiger partial charge >= 0.3 is 24.0 Å². The van der Waals surface area contributed by atoms with Crippen LogP contribution in [0.2, 0.25) is 0 Å². The summed E-state index contributed by atoms with van der Waals surface area (Å²) >= 11 is 0. The molecule has 0 bridgehead atoms. The smallest absolute Gasteiger partial charge is 0.357 e. The lowest BCUT2D eigenvalue weighted by molar-refractivity contribution is 0.0588. The zero-order chi connectivity index (χ0) is 27.3. The van der Waals surface area contributed by atoms with E-state index in [-0.39, 0.29) is 45.9 Å². The van der Waals surface area contributed by atoms with Gasteiger partial charge in [0.05, 0.1) is 57.2 Å². The van der Waals surface area contributed by atoms with Crippen molar-refractivity contribution in [2.75, 3.05) is 21.3 Å². The molecule has 0 atom stereocenters. The van der Waals surface area contributed by atoms with Gasteiger partial charge in [-0.25, -0.2) is 28.3 Å². The second kappa shape index (κ2) is 11.1. The molecule has 0 spiro atoms. The average Bonchev–Trinajstić information content (AvgIpc) is 3.47. The number of carboxylic acids is 1. The molecule has 0 aliphatic rings. The summed E-state index contributed by atoms with van der Waals surface area (Å²) in [6.45, 7) is 0. The summed E-state index contributed by atoms with van der Waals surface area (Å²) in [6, 6.07) is -0.0531. The molecule has 0 amide bonds. The molecular weight excluding hydrogens is 498 g/mol. The van der Waals surface area contributed by atoms with Gasteiger partial charge in [-0.15, -0.1) is 0 Å². The van der Waals surface area contributed by atoms with Crippen molar-refractivity contribution in [2.45, 2.75) is 0 Å². The average molecular weight is 518 g/mol. The number of carbonyl (C=O) groups excluding carboxylic acids is 1. The van der Waals surface area contributed by atoms with Crippen molar-refractivity contribution in [1.29, 1.82) is 0 Å². The van der Waals surface area contributed by atoms with Crippen LogP contribution in [0.5, 0.6) is 12.0 Å². The molecule has 0 aliphatic heterocycles. The molecule has 0 saturated heterocycles. The monoisotopic (exact) mass is 518 g/mol. The van der Waals surface area contributed by atoms with Gasteiger partial charge in [-0.05, 0) is 0 Å². The third-order valence-corrected chi connectivity index (χ3v) is 4.78. The highest BCUT2D eigenvalue weighted by Gasteiger charge is 2.23. The van der Waals surface area contributed by atoms with E-state index in [0.29, 0.717) is 0 Å². The van der Waals surface area contributed by atoms with Crippen LogP contribution in [0.3, 0.4) is 0 Å². The molecule has 0 saturated carbocycles. The topological polar surface area (TPSA) is 169 Å². The quantitative estimate of drug-likeness (QED) is 0.366. The van der Waals surface area contributed by atoms with Crippen molar-refractivity contribution in [2.24, 2.45) is 14.1 Å². The molecule has 4 aromatic rings. The van der Waals surface area contributed by atoms with Crippen LogP contribution in [-0.4, -0.2) is 77.9 Å². The molecule has 0 unspecified atom stereocenters. The summed E-state index contributed by atoms with van der Waals surface area (Å²) in [5.41, 5.74) is 0.000237. The Bertz CT molecular complexity index is 1460. The number of esters is 1. The predicted molar refractivity (Wildman–Crippen MR) is 120 cm³/mol. The first kappa shape index (κ1) is 26.6. The SMILES string of the molecule is COC(=O)c1c(-c2nc(OC)ncc2F)cnn1C.COc1ncc(F)c(-c2cnn(C)c2C(=O)O)n1. The molecule has 1 N–H and O–H groups in total. The third kappa shape index (κ3) is 5.47. The first-order valence-electron chi connectivity index (χ1n) is 10.1. The molecule has 4 heterocycles. The predicted octanol–water partition coefficient (Wildman–Crippen LogP) is 1.53. The number of aryl methyl sites for hydroxylation is 2. The molecule has 4 aromatic heterocycles. The highest BCUT2D eigenvalue weighted by molar-refractivity contribution is 5.95. The molecule has 37 heavy (non-hydrogen) atoms. The van der Waals surface area contributed by atoms with E-state index in [1.54, 1.807) is 7.05 Å². The fraction of sp³-hybridized carbons (Fsp3) is 0.238. The highest BCUT2D eigenvalue weighted by Crippen LogP contribution is 2.26. The van der Waals surface area contributed by atoms with Gasteiger partial charge in [0.1, 0.15) is 11.4 Å². The Kier molecular flexibility index (Phi) is 8.01. The van der Waals surface area contributed by atoms with Gasteiger partial charge in [0, 0.05) is 14.1 Å². The minimum Gasteiger partial charge on any atom is -0.477 e. The van der Waals surface area contributed by atoms with Crippen LogP contribution in [0, 0.1) is 11.6 Å². The molecule has 14 nitrogen and oxygen atoms in total. The third-order valence-electron chi connectivity index (χ3n) is 4.78. The summed E-state index contributed by atoms with van der Waals surface area (Å²) in [7, 11) is 6.92. The maximum absolute atomic E-state index is 13.8. The number of carbonyl (C=O) groups is 2. The standard InChI is InChI=1S/C11H11FN4O3.C10H9FN4O3/c1-16-9(10(17)18-2)6(4-14-16)8-7(12)5-13-11(15-8)19-3;1-15-8(9(16)17)5(3-13-15)7-6(11)4-12-10(14-7)18-2/h4-5H,1-3H3;3-4H,1-2H3,(H,16,17). The van der Waals surface area contributed by atoms with Gasteiger partial charge in [-0.1, -0.05) is 0 Å². The number of ether oxygens (including phenoxy) is 3. The van der Waals surface area contributed by atoms with Gasteiger partial charge in [0.2, 0.25) is 0 Å². The molecule has 4 rings (SSSR count). The number of methoxy groups -OCH3 is 3. The van der Waals surface area contributed by atoms with E-state index in [2.05, 4.69) is 34.9 Å². The van der Waals surface area contributed by atoms with E-state index in [1.807, 2.05) is 0 Å². The lowest BCUT2D eigenvalue weighted by Crippen LogP contribution is -2.10. The number of aromatic nitrogens is 8. The number of carboxylic acid groups (broad SMARTS) is 1. The van der Waals surface area contributed by atoms with Gasteiger partial charge in [0.25, 0.3) is 0 Å². The van der Waals surface area contributed by atoms with Crippen LogP contribution in [-0.2, 0) is 18.8 Å². The number of hydrogen-bond acceptors (Lipinski definition) is 11. The Morgan fingerprint density at radius 3 is 1.62 bits per heavy atom. The Balaban J connectivity index is 0.000000206. The summed E-state index contributed by atoms with van der Waals surface area (Å²) in [5.74, 6) is -3.28. The second-order valence-electron chi connectivity index (χ2n) is 6.96. The van der Waals surface area contributed by atoms with Gasteiger partial charge in [0.15, 0.2) is 23.0 Å². The van der Waals surface area contributed by atoms with Gasteiger partial charge in [-0.3, -0.25) is 9.36 Å². The highest BCUT2D eigenvalue weighted by atomic mass is 19.1. The number of aromatic carboxylic acids is 1. The van der Waals surface area contributed by atoms with E-state index in [9.17, 15) is 18.4 Å². The number of nitrogens with zero attached hydrogens (tertiary/aromatic N) is 8.